The first-order chi connectivity index (χ1) is 9.95. The molecule has 0 fully saturated rings. The first-order valence-electron chi connectivity index (χ1n) is 7.24. The lowest BCUT2D eigenvalue weighted by molar-refractivity contribution is 0.644. The molecule has 1 nitrogen and oxygen atoms in total. The van der Waals surface area contributed by atoms with E-state index in [-0.39, 0.29) is 6.04 Å². The Labute approximate surface area is 137 Å². The molecule has 21 heavy (non-hydrogen) atoms. The summed E-state index contributed by atoms with van der Waals surface area (Å²) in [6.07, 6.45) is 1.78. The van der Waals surface area contributed by atoms with E-state index in [9.17, 15) is 0 Å². The monoisotopic (exact) mass is 321 g/mol. The average Bonchev–Trinajstić information content (AvgIpc) is 2.41. The molecular weight excluding hydrogens is 301 g/mol. The minimum atomic E-state index is -0.0595. The predicted octanol–water partition coefficient (Wildman–Crippen LogP) is 5.43. The van der Waals surface area contributed by atoms with Crippen molar-refractivity contribution in [3.05, 3.63) is 69.2 Å². The van der Waals surface area contributed by atoms with Crippen LogP contribution in [0, 0.1) is 5.92 Å². The van der Waals surface area contributed by atoms with E-state index in [1.54, 1.807) is 6.07 Å². The molecule has 2 rings (SSSR count). The van der Waals surface area contributed by atoms with Gasteiger partial charge < -0.3 is 5.73 Å². The Morgan fingerprint density at radius 2 is 1.76 bits per heavy atom. The van der Waals surface area contributed by atoms with Crippen molar-refractivity contribution in [1.29, 1.82) is 0 Å². The third-order valence-electron chi connectivity index (χ3n) is 3.48. The van der Waals surface area contributed by atoms with E-state index in [1.807, 2.05) is 12.1 Å². The van der Waals surface area contributed by atoms with E-state index in [2.05, 4.69) is 38.1 Å². The molecule has 0 aliphatic rings. The highest BCUT2D eigenvalue weighted by molar-refractivity contribution is 6.35. The number of rotatable bonds is 5. The molecule has 0 saturated heterocycles. The lowest BCUT2D eigenvalue weighted by atomic mass is 9.95. The van der Waals surface area contributed by atoms with E-state index >= 15 is 0 Å². The van der Waals surface area contributed by atoms with Gasteiger partial charge >= 0.3 is 0 Å². The Hall–Kier alpha value is -1.02. The number of benzene rings is 2. The second-order valence-corrected chi connectivity index (χ2v) is 6.73. The molecule has 3 heteroatoms. The summed E-state index contributed by atoms with van der Waals surface area (Å²) >= 11 is 12.1. The molecule has 0 radical (unpaired) electrons. The van der Waals surface area contributed by atoms with Crippen LogP contribution < -0.4 is 5.73 Å². The van der Waals surface area contributed by atoms with Crippen LogP contribution in [0.4, 0.5) is 0 Å². The Morgan fingerprint density at radius 3 is 2.43 bits per heavy atom. The molecule has 2 N–H and O–H groups in total. The summed E-state index contributed by atoms with van der Waals surface area (Å²) < 4.78 is 0. The summed E-state index contributed by atoms with van der Waals surface area (Å²) in [4.78, 5) is 0. The first kappa shape index (κ1) is 16.4. The molecule has 0 aliphatic carbocycles. The Kier molecular flexibility index (Phi) is 5.69. The molecule has 0 aliphatic heterocycles. The highest BCUT2D eigenvalue weighted by Gasteiger charge is 2.11. The van der Waals surface area contributed by atoms with Gasteiger partial charge in [0.1, 0.15) is 0 Å². The van der Waals surface area contributed by atoms with Crippen LogP contribution >= 0.6 is 23.2 Å². The first-order valence-corrected chi connectivity index (χ1v) is 7.99. The summed E-state index contributed by atoms with van der Waals surface area (Å²) in [5.41, 5.74) is 9.86. The second kappa shape index (κ2) is 7.31. The maximum atomic E-state index is 6.34. The Bertz CT molecular complexity index is 608. The molecule has 0 aromatic heterocycles. The van der Waals surface area contributed by atoms with Gasteiger partial charge in [-0.1, -0.05) is 67.4 Å². The zero-order chi connectivity index (χ0) is 15.4. The fourth-order valence-corrected chi connectivity index (χ4v) is 2.95. The number of halogens is 2. The van der Waals surface area contributed by atoms with Crippen molar-refractivity contribution >= 4 is 23.2 Å². The van der Waals surface area contributed by atoms with Crippen LogP contribution in [0.25, 0.3) is 0 Å². The lowest BCUT2D eigenvalue weighted by Crippen LogP contribution is -2.14. The fourth-order valence-electron chi connectivity index (χ4n) is 2.46. The fraction of sp³-hybridized carbons (Fsp3) is 0.333. The van der Waals surface area contributed by atoms with Crippen LogP contribution in [0.5, 0.6) is 0 Å². The molecule has 1 unspecified atom stereocenters. The van der Waals surface area contributed by atoms with Crippen LogP contribution in [0.2, 0.25) is 10.0 Å². The summed E-state index contributed by atoms with van der Waals surface area (Å²) in [7, 11) is 0. The van der Waals surface area contributed by atoms with E-state index in [1.165, 1.54) is 5.56 Å². The summed E-state index contributed by atoms with van der Waals surface area (Å²) in [5, 5.41) is 1.33. The lowest BCUT2D eigenvalue weighted by Gasteiger charge is -2.15. The molecule has 0 heterocycles. The van der Waals surface area contributed by atoms with Crippen LogP contribution in [0.1, 0.15) is 36.6 Å². The highest BCUT2D eigenvalue weighted by Crippen LogP contribution is 2.25. The van der Waals surface area contributed by atoms with Crippen LogP contribution in [-0.4, -0.2) is 0 Å². The zero-order valence-electron chi connectivity index (χ0n) is 12.4. The second-order valence-electron chi connectivity index (χ2n) is 5.89. The summed E-state index contributed by atoms with van der Waals surface area (Å²) in [6.45, 7) is 4.44. The molecule has 112 valence electrons. The summed E-state index contributed by atoms with van der Waals surface area (Å²) in [5.74, 6) is 0.641. The van der Waals surface area contributed by atoms with Gasteiger partial charge in [-0.3, -0.25) is 0 Å². The van der Waals surface area contributed by atoms with Gasteiger partial charge in [0.2, 0.25) is 0 Å². The van der Waals surface area contributed by atoms with Gasteiger partial charge in [0.15, 0.2) is 0 Å². The standard InChI is InChI=1S/C18H21Cl2N/c1-12(2)8-13-4-3-5-15(9-13)18(21)10-14-6-7-16(19)11-17(14)20/h3-7,9,11-12,18H,8,10,21H2,1-2H3. The molecule has 0 bridgehead atoms. The largest absolute Gasteiger partial charge is 0.324 e. The smallest absolute Gasteiger partial charge is 0.0453 e. The van der Waals surface area contributed by atoms with Gasteiger partial charge in [-0.25, -0.2) is 0 Å². The number of hydrogen-bond acceptors (Lipinski definition) is 1. The molecule has 0 amide bonds. The molecule has 2 aromatic rings. The van der Waals surface area contributed by atoms with Gasteiger partial charge in [0.25, 0.3) is 0 Å². The van der Waals surface area contributed by atoms with Crippen molar-refractivity contribution in [2.24, 2.45) is 11.7 Å². The van der Waals surface area contributed by atoms with Crippen molar-refractivity contribution in [2.75, 3.05) is 0 Å². The molecule has 1 atom stereocenters. The van der Waals surface area contributed by atoms with Crippen LogP contribution in [-0.2, 0) is 12.8 Å². The summed E-state index contributed by atoms with van der Waals surface area (Å²) in [6, 6.07) is 14.0. The average molecular weight is 322 g/mol. The van der Waals surface area contributed by atoms with Crippen LogP contribution in [0.15, 0.2) is 42.5 Å². The predicted molar refractivity (Wildman–Crippen MR) is 92.1 cm³/mol. The van der Waals surface area contributed by atoms with Crippen molar-refractivity contribution in [3.63, 3.8) is 0 Å². The van der Waals surface area contributed by atoms with E-state index in [0.717, 1.165) is 17.5 Å². The SMILES string of the molecule is CC(C)Cc1cccc(C(N)Cc2ccc(Cl)cc2Cl)c1. The number of nitrogens with two attached hydrogens (primary N) is 1. The Morgan fingerprint density at radius 1 is 1.00 bits per heavy atom. The van der Waals surface area contributed by atoms with Crippen LogP contribution in [0.3, 0.4) is 0 Å². The quantitative estimate of drug-likeness (QED) is 0.780. The van der Waals surface area contributed by atoms with Gasteiger partial charge in [-0.2, -0.15) is 0 Å². The minimum Gasteiger partial charge on any atom is -0.324 e. The maximum absolute atomic E-state index is 6.34. The number of hydrogen-bond donors (Lipinski definition) is 1. The Balaban J connectivity index is 2.14. The van der Waals surface area contributed by atoms with E-state index in [4.69, 9.17) is 28.9 Å². The van der Waals surface area contributed by atoms with E-state index in [0.29, 0.717) is 22.4 Å². The van der Waals surface area contributed by atoms with E-state index < -0.39 is 0 Å². The molecule has 0 spiro atoms. The zero-order valence-corrected chi connectivity index (χ0v) is 14.0. The third-order valence-corrected chi connectivity index (χ3v) is 4.07. The van der Waals surface area contributed by atoms with Crippen molar-refractivity contribution in [3.8, 4) is 0 Å². The van der Waals surface area contributed by atoms with Crippen molar-refractivity contribution in [1.82, 2.24) is 0 Å². The third kappa shape index (κ3) is 4.74. The normalized spacial score (nSPS) is 12.7. The van der Waals surface area contributed by atoms with Crippen molar-refractivity contribution < 1.29 is 0 Å². The topological polar surface area (TPSA) is 26.0 Å². The van der Waals surface area contributed by atoms with Crippen molar-refractivity contribution in [2.45, 2.75) is 32.7 Å². The van der Waals surface area contributed by atoms with Gasteiger partial charge in [0.05, 0.1) is 0 Å². The highest BCUT2D eigenvalue weighted by atomic mass is 35.5. The molecular formula is C18H21Cl2N. The molecule has 0 saturated carbocycles. The molecule has 2 aromatic carbocycles. The minimum absolute atomic E-state index is 0.0595. The maximum Gasteiger partial charge on any atom is 0.0453 e. The van der Waals surface area contributed by atoms with Gasteiger partial charge in [0, 0.05) is 16.1 Å². The van der Waals surface area contributed by atoms with Gasteiger partial charge in [-0.15, -0.1) is 0 Å². The van der Waals surface area contributed by atoms with Gasteiger partial charge in [-0.05, 0) is 47.6 Å².